The Balaban J connectivity index is 1.84. The van der Waals surface area contributed by atoms with E-state index in [1.54, 1.807) is 18.1 Å². The maximum atomic E-state index is 13.3. The summed E-state index contributed by atoms with van der Waals surface area (Å²) in [6.07, 6.45) is 5.18. The predicted octanol–water partition coefficient (Wildman–Crippen LogP) is 5.57. The number of halogens is 2. The fourth-order valence-electron chi connectivity index (χ4n) is 3.31. The summed E-state index contributed by atoms with van der Waals surface area (Å²) in [4.78, 5) is 19.6. The van der Waals surface area contributed by atoms with Crippen LogP contribution in [0.1, 0.15) is 18.4 Å². The second kappa shape index (κ2) is 7.82. The number of benzene rings is 2. The molecule has 6 heteroatoms. The van der Waals surface area contributed by atoms with Crippen LogP contribution in [-0.4, -0.2) is 24.1 Å². The lowest BCUT2D eigenvalue weighted by Crippen LogP contribution is -2.25. The van der Waals surface area contributed by atoms with Gasteiger partial charge in [0, 0.05) is 22.3 Å². The Bertz CT molecular complexity index is 1010. The molecule has 0 aromatic heterocycles. The van der Waals surface area contributed by atoms with Crippen molar-refractivity contribution in [2.45, 2.75) is 18.2 Å². The van der Waals surface area contributed by atoms with E-state index in [1.807, 2.05) is 54.6 Å². The fourth-order valence-corrected chi connectivity index (χ4v) is 3.72. The summed E-state index contributed by atoms with van der Waals surface area (Å²) in [5, 5.41) is 0.308. The van der Waals surface area contributed by atoms with E-state index in [2.05, 4.69) is 4.99 Å². The molecule has 0 radical (unpaired) electrons. The van der Waals surface area contributed by atoms with Gasteiger partial charge in [0.1, 0.15) is 11.5 Å². The zero-order chi connectivity index (χ0) is 19.7. The molecule has 4 nitrogen and oxygen atoms in total. The third-order valence-electron chi connectivity index (χ3n) is 4.72. The van der Waals surface area contributed by atoms with Crippen molar-refractivity contribution < 1.29 is 9.53 Å². The van der Waals surface area contributed by atoms with Gasteiger partial charge in [0.25, 0.3) is 5.91 Å². The van der Waals surface area contributed by atoms with Crippen molar-refractivity contribution in [3.63, 3.8) is 0 Å². The van der Waals surface area contributed by atoms with E-state index < -0.39 is 0 Å². The molecule has 0 saturated heterocycles. The van der Waals surface area contributed by atoms with Crippen LogP contribution in [-0.2, 0) is 4.79 Å². The Morgan fingerprint density at radius 3 is 2.71 bits per heavy atom. The van der Waals surface area contributed by atoms with Crippen LogP contribution in [0.5, 0.6) is 5.75 Å². The van der Waals surface area contributed by atoms with Crippen LogP contribution in [0, 0.1) is 0 Å². The number of rotatable bonds is 3. The van der Waals surface area contributed by atoms with E-state index in [0.29, 0.717) is 22.2 Å². The lowest BCUT2D eigenvalue weighted by molar-refractivity contribution is -0.111. The highest BCUT2D eigenvalue weighted by atomic mass is 35.5. The van der Waals surface area contributed by atoms with Gasteiger partial charge in [-0.05, 0) is 43.2 Å². The number of aliphatic imine (C=N–C) groups is 1. The fraction of sp³-hybridized carbons (Fsp3) is 0.182. The summed E-state index contributed by atoms with van der Waals surface area (Å²) >= 11 is 12.5. The van der Waals surface area contributed by atoms with E-state index in [4.69, 9.17) is 27.9 Å². The van der Waals surface area contributed by atoms with Gasteiger partial charge in [-0.3, -0.25) is 9.69 Å². The minimum absolute atomic E-state index is 0.188. The maximum Gasteiger partial charge on any atom is 0.282 e. The first kappa shape index (κ1) is 18.8. The molecule has 142 valence electrons. The lowest BCUT2D eigenvalue weighted by atomic mass is 10.1. The zero-order valence-electron chi connectivity index (χ0n) is 15.2. The normalized spacial score (nSPS) is 20.5. The molecule has 1 atom stereocenters. The highest BCUT2D eigenvalue weighted by Crippen LogP contribution is 2.38. The Morgan fingerprint density at radius 1 is 1.18 bits per heavy atom. The number of hydrogen-bond acceptors (Lipinski definition) is 3. The van der Waals surface area contributed by atoms with Crippen molar-refractivity contribution in [1.29, 1.82) is 0 Å². The van der Waals surface area contributed by atoms with Crippen molar-refractivity contribution in [2.75, 3.05) is 12.0 Å². The minimum Gasteiger partial charge on any atom is -0.497 e. The summed E-state index contributed by atoms with van der Waals surface area (Å²) in [6.45, 7) is 0. The van der Waals surface area contributed by atoms with E-state index >= 15 is 0 Å². The lowest BCUT2D eigenvalue weighted by Gasteiger charge is -2.17. The van der Waals surface area contributed by atoms with E-state index in [0.717, 1.165) is 29.8 Å². The average Bonchev–Trinajstić information content (AvgIpc) is 2.87. The third kappa shape index (κ3) is 3.46. The number of hydrogen-bond donors (Lipinski definition) is 0. The third-order valence-corrected chi connectivity index (χ3v) is 5.66. The number of carbonyl (C=O) groups excluding carboxylic acids is 1. The van der Waals surface area contributed by atoms with Crippen LogP contribution in [0.4, 0.5) is 11.4 Å². The molecule has 1 unspecified atom stereocenters. The Morgan fingerprint density at radius 2 is 1.96 bits per heavy atom. The van der Waals surface area contributed by atoms with Gasteiger partial charge in [-0.2, -0.15) is 0 Å². The van der Waals surface area contributed by atoms with Crippen LogP contribution in [0.2, 0.25) is 0 Å². The van der Waals surface area contributed by atoms with Gasteiger partial charge in [-0.15, -0.1) is 11.6 Å². The summed E-state index contributed by atoms with van der Waals surface area (Å²) in [5.74, 6) is 0.488. The van der Waals surface area contributed by atoms with Gasteiger partial charge in [0.05, 0.1) is 23.9 Å². The summed E-state index contributed by atoms with van der Waals surface area (Å²) in [5.41, 5.74) is 3.30. The number of allylic oxidation sites excluding steroid dienone is 3. The Kier molecular flexibility index (Phi) is 5.25. The number of anilines is 2. The summed E-state index contributed by atoms with van der Waals surface area (Å²) < 4.78 is 5.36. The van der Waals surface area contributed by atoms with Crippen LogP contribution < -0.4 is 9.64 Å². The van der Waals surface area contributed by atoms with Gasteiger partial charge < -0.3 is 4.74 Å². The highest BCUT2D eigenvalue weighted by Gasteiger charge is 2.35. The molecular formula is C22H18Cl2N2O2. The molecule has 28 heavy (non-hydrogen) atoms. The van der Waals surface area contributed by atoms with Crippen molar-refractivity contribution >= 4 is 46.2 Å². The standard InChI is InChI=1S/C22H18Cl2N2O2/c1-28-16-10-11-17-20(13-16)26(15-7-3-2-4-8-15)22(27)21(17)25-14-6-5-9-18(23)19(24)12-14/h2-4,6-8,10-13,18H,5,9H2,1H3. The number of carbonyl (C=O) groups is 1. The largest absolute Gasteiger partial charge is 0.497 e. The molecule has 1 aliphatic carbocycles. The SMILES string of the molecule is COc1ccc2c(c1)N(c1ccccc1)C(=O)C2=NC1=CCCC(Cl)C(Cl)=C1. The molecule has 1 aliphatic heterocycles. The zero-order valence-corrected chi connectivity index (χ0v) is 16.7. The molecule has 0 fully saturated rings. The van der Waals surface area contributed by atoms with Crippen LogP contribution in [0.3, 0.4) is 0 Å². The van der Waals surface area contributed by atoms with Crippen molar-refractivity contribution in [1.82, 2.24) is 0 Å². The first-order valence-corrected chi connectivity index (χ1v) is 9.78. The summed E-state index contributed by atoms with van der Waals surface area (Å²) in [7, 11) is 1.60. The van der Waals surface area contributed by atoms with Gasteiger partial charge in [-0.25, -0.2) is 4.99 Å². The number of para-hydroxylation sites is 1. The van der Waals surface area contributed by atoms with Gasteiger partial charge in [-0.1, -0.05) is 35.9 Å². The number of fused-ring (bicyclic) bond motifs is 1. The molecule has 2 aliphatic rings. The smallest absolute Gasteiger partial charge is 0.282 e. The minimum atomic E-state index is -0.229. The molecule has 0 spiro atoms. The molecule has 1 amide bonds. The van der Waals surface area contributed by atoms with Gasteiger partial charge in [0.2, 0.25) is 0 Å². The van der Waals surface area contributed by atoms with Crippen LogP contribution in [0.25, 0.3) is 0 Å². The van der Waals surface area contributed by atoms with Crippen molar-refractivity contribution in [2.24, 2.45) is 4.99 Å². The number of nitrogens with zero attached hydrogens (tertiary/aromatic N) is 2. The van der Waals surface area contributed by atoms with Crippen LogP contribution in [0.15, 0.2) is 76.4 Å². The summed E-state index contributed by atoms with van der Waals surface area (Å²) in [6, 6.07) is 15.0. The molecule has 0 bridgehead atoms. The quantitative estimate of drug-likeness (QED) is 0.618. The van der Waals surface area contributed by atoms with E-state index in [-0.39, 0.29) is 11.3 Å². The Hall–Kier alpha value is -2.56. The van der Waals surface area contributed by atoms with Crippen molar-refractivity contribution in [3.05, 3.63) is 77.0 Å². The van der Waals surface area contributed by atoms with E-state index in [1.165, 1.54) is 0 Å². The van der Waals surface area contributed by atoms with Crippen LogP contribution >= 0.6 is 23.2 Å². The number of methoxy groups -OCH3 is 1. The molecule has 1 heterocycles. The highest BCUT2D eigenvalue weighted by molar-refractivity contribution is 6.56. The van der Waals surface area contributed by atoms with E-state index in [9.17, 15) is 4.79 Å². The number of ether oxygens (including phenoxy) is 1. The molecule has 0 saturated carbocycles. The second-order valence-electron chi connectivity index (χ2n) is 6.52. The first-order valence-electron chi connectivity index (χ1n) is 8.96. The topological polar surface area (TPSA) is 41.9 Å². The maximum absolute atomic E-state index is 13.3. The Labute approximate surface area is 173 Å². The monoisotopic (exact) mass is 412 g/mol. The number of alkyl halides is 1. The van der Waals surface area contributed by atoms with Crippen molar-refractivity contribution in [3.8, 4) is 5.75 Å². The second-order valence-corrected chi connectivity index (χ2v) is 7.49. The first-order chi connectivity index (χ1) is 13.6. The molecular weight excluding hydrogens is 395 g/mol. The predicted molar refractivity (Wildman–Crippen MR) is 114 cm³/mol. The molecule has 4 rings (SSSR count). The average molecular weight is 413 g/mol. The number of amides is 1. The van der Waals surface area contributed by atoms with Gasteiger partial charge >= 0.3 is 0 Å². The van der Waals surface area contributed by atoms with Gasteiger partial charge in [0.15, 0.2) is 0 Å². The molecule has 0 N–H and O–H groups in total. The molecule has 2 aromatic carbocycles. The molecule has 2 aromatic rings.